The van der Waals surface area contributed by atoms with Crippen LogP contribution in [0.1, 0.15) is 0 Å². The third kappa shape index (κ3) is 6.26. The van der Waals surface area contributed by atoms with E-state index >= 15 is 0 Å². The molecule has 9 N–H and O–H groups in total. The van der Waals surface area contributed by atoms with Gasteiger partial charge in [0.1, 0.15) is 42.7 Å². The summed E-state index contributed by atoms with van der Waals surface area (Å²) in [4.78, 5) is 11.3. The summed E-state index contributed by atoms with van der Waals surface area (Å²) in [5.41, 5.74) is 5.30. The second kappa shape index (κ2) is 10.7. The predicted molar refractivity (Wildman–Crippen MR) is 92.4 cm³/mol. The molecule has 2 rings (SSSR count). The Kier molecular flexibility index (Phi) is 9.05. The molecule has 0 saturated carbocycles. The number of carboxylic acid groups (broad SMARTS) is 1. The van der Waals surface area contributed by atoms with Crippen molar-refractivity contribution in [3.8, 4) is 0 Å². The Morgan fingerprint density at radius 2 is 1.58 bits per heavy atom. The first kappa shape index (κ1) is 26.2. The van der Waals surface area contributed by atoms with E-state index in [9.17, 15) is 43.9 Å². The van der Waals surface area contributed by atoms with Gasteiger partial charge in [0.15, 0.2) is 18.7 Å². The molecule has 17 heteroatoms. The lowest BCUT2D eigenvalue weighted by molar-refractivity contribution is -0.354. The third-order valence-electron chi connectivity index (χ3n) is 4.53. The zero-order chi connectivity index (χ0) is 23.5. The molecule has 0 bridgehead atoms. The summed E-state index contributed by atoms with van der Waals surface area (Å²) in [6.45, 7) is -0.820. The molecule has 31 heavy (non-hydrogen) atoms. The van der Waals surface area contributed by atoms with Crippen LogP contribution in [0.2, 0.25) is 0 Å². The minimum absolute atomic E-state index is 0.0295. The highest BCUT2D eigenvalue weighted by Gasteiger charge is 2.54. The molecule has 0 radical (unpaired) electrons. The number of ether oxygens (including phenoxy) is 4. The van der Waals surface area contributed by atoms with E-state index in [0.717, 1.165) is 0 Å². The summed E-state index contributed by atoms with van der Waals surface area (Å²) in [7, 11) is -5.26. The second-order valence-corrected chi connectivity index (χ2v) is 7.75. The highest BCUT2D eigenvalue weighted by Crippen LogP contribution is 2.31. The van der Waals surface area contributed by atoms with Crippen LogP contribution in [0.3, 0.4) is 0 Å². The first-order valence-corrected chi connectivity index (χ1v) is 10.3. The van der Waals surface area contributed by atoms with E-state index in [1.807, 2.05) is 0 Å². The molecular weight excluding hydrogens is 454 g/mol. The monoisotopic (exact) mass is 479 g/mol. The van der Waals surface area contributed by atoms with Gasteiger partial charge in [-0.05, 0) is 0 Å². The van der Waals surface area contributed by atoms with E-state index in [4.69, 9.17) is 29.2 Å². The Balaban J connectivity index is 2.28. The number of hydrogen-bond acceptors (Lipinski definition) is 14. The lowest BCUT2D eigenvalue weighted by atomic mass is 9.97. The van der Waals surface area contributed by atoms with E-state index in [1.54, 1.807) is 0 Å². The Labute approximate surface area is 175 Å². The van der Waals surface area contributed by atoms with Gasteiger partial charge >= 0.3 is 16.4 Å². The van der Waals surface area contributed by atoms with Crippen molar-refractivity contribution < 1.29 is 71.5 Å². The molecule has 0 spiro atoms. The van der Waals surface area contributed by atoms with Crippen molar-refractivity contribution in [1.82, 2.24) is 0 Å². The molecule has 10 atom stereocenters. The van der Waals surface area contributed by atoms with E-state index in [1.165, 1.54) is 0 Å². The number of rotatable bonds is 9. The van der Waals surface area contributed by atoms with Crippen molar-refractivity contribution >= 4 is 16.4 Å². The molecule has 0 aromatic carbocycles. The Bertz CT molecular complexity index is 706. The number of carboxylic acids is 1. The number of aliphatic hydroxyl groups excluding tert-OH is 5. The minimum Gasteiger partial charge on any atom is -0.479 e. The van der Waals surface area contributed by atoms with Gasteiger partial charge < -0.3 is 55.3 Å². The molecule has 182 valence electrons. The summed E-state index contributed by atoms with van der Waals surface area (Å²) in [5, 5.41) is 59.6. The summed E-state index contributed by atoms with van der Waals surface area (Å²) < 4.78 is 55.6. The molecule has 2 aliphatic rings. The van der Waals surface area contributed by atoms with Gasteiger partial charge in [0, 0.05) is 6.54 Å². The van der Waals surface area contributed by atoms with Crippen LogP contribution in [0.15, 0.2) is 0 Å². The maximum Gasteiger partial charge on any atom is 0.397 e. The van der Waals surface area contributed by atoms with Crippen LogP contribution in [0, 0.1) is 0 Å². The molecule has 0 unspecified atom stereocenters. The SMILES string of the molecule is NCCO[C@@H]1O[C@H](CO)[C@H](O)[C@H](O[C@@H]2O[C@H](C(=O)O)[C@@H](O)[C@H](OS(=O)(=O)O)[C@H]2O)[C@H]1O. The molecule has 2 heterocycles. The van der Waals surface area contributed by atoms with Crippen molar-refractivity contribution in [3.05, 3.63) is 0 Å². The van der Waals surface area contributed by atoms with Crippen molar-refractivity contribution in [1.29, 1.82) is 0 Å². The maximum absolute atomic E-state index is 11.3. The molecule has 2 saturated heterocycles. The molecule has 2 fully saturated rings. The van der Waals surface area contributed by atoms with Gasteiger partial charge in [-0.15, -0.1) is 0 Å². The predicted octanol–water partition coefficient (Wildman–Crippen LogP) is -5.49. The summed E-state index contributed by atoms with van der Waals surface area (Å²) in [6, 6.07) is 0. The van der Waals surface area contributed by atoms with Crippen molar-refractivity contribution in [2.24, 2.45) is 5.73 Å². The van der Waals surface area contributed by atoms with E-state index in [2.05, 4.69) is 4.18 Å². The van der Waals surface area contributed by atoms with E-state index in [-0.39, 0.29) is 13.2 Å². The topological polar surface area (TPSA) is 265 Å². The highest BCUT2D eigenvalue weighted by atomic mass is 32.3. The smallest absolute Gasteiger partial charge is 0.397 e. The van der Waals surface area contributed by atoms with Crippen LogP contribution in [0.25, 0.3) is 0 Å². The maximum atomic E-state index is 11.3. The van der Waals surface area contributed by atoms with Gasteiger partial charge in [-0.3, -0.25) is 4.55 Å². The number of carbonyl (C=O) groups is 1. The summed E-state index contributed by atoms with van der Waals surface area (Å²) >= 11 is 0. The first-order valence-electron chi connectivity index (χ1n) is 8.91. The fourth-order valence-electron chi connectivity index (χ4n) is 3.10. The zero-order valence-corrected chi connectivity index (χ0v) is 16.6. The Hall–Kier alpha value is -1.06. The van der Waals surface area contributed by atoms with E-state index < -0.39 is 84.4 Å². The Morgan fingerprint density at radius 1 is 0.968 bits per heavy atom. The van der Waals surface area contributed by atoms with Gasteiger partial charge in [0.05, 0.1) is 13.2 Å². The average Bonchev–Trinajstić information content (AvgIpc) is 2.68. The van der Waals surface area contributed by atoms with Crippen LogP contribution in [0.5, 0.6) is 0 Å². The average molecular weight is 479 g/mol. The normalized spacial score (nSPS) is 41.8. The number of hydrogen-bond donors (Lipinski definition) is 8. The quantitative estimate of drug-likeness (QED) is 0.143. The molecule has 2 aliphatic heterocycles. The van der Waals surface area contributed by atoms with Crippen LogP contribution >= 0.6 is 0 Å². The molecule has 0 amide bonds. The van der Waals surface area contributed by atoms with E-state index in [0.29, 0.717) is 0 Å². The van der Waals surface area contributed by atoms with Gasteiger partial charge in [-0.25, -0.2) is 8.98 Å². The van der Waals surface area contributed by atoms with Crippen LogP contribution in [0.4, 0.5) is 0 Å². The van der Waals surface area contributed by atoms with Crippen molar-refractivity contribution in [3.63, 3.8) is 0 Å². The first-order chi connectivity index (χ1) is 14.4. The fourth-order valence-corrected chi connectivity index (χ4v) is 3.60. The number of aliphatic carboxylic acids is 1. The van der Waals surface area contributed by atoms with Gasteiger partial charge in [-0.1, -0.05) is 0 Å². The van der Waals surface area contributed by atoms with Gasteiger partial charge in [0.2, 0.25) is 0 Å². The standard InChI is InChI=1S/C14H25NO15S/c15-1-2-26-13-7(19)9(5(17)4(3-16)27-13)28-14-8(20)10(30-31(23,24)25)6(18)11(29-14)12(21)22/h4-11,13-14,16-20H,1-3,15H2,(H,21,22)(H,23,24,25)/t4-,5+,6+,7-,8-,9+,10+,11+,13-,14-/m1/s1. The molecule has 0 aromatic heterocycles. The fraction of sp³-hybridized carbons (Fsp3) is 0.929. The van der Waals surface area contributed by atoms with Gasteiger partial charge in [0.25, 0.3) is 0 Å². The molecule has 16 nitrogen and oxygen atoms in total. The minimum atomic E-state index is -5.26. The molecule has 0 aliphatic carbocycles. The molecular formula is C14H25NO15S. The summed E-state index contributed by atoms with van der Waals surface area (Å²) in [5.74, 6) is -1.80. The van der Waals surface area contributed by atoms with Crippen LogP contribution < -0.4 is 5.73 Å². The largest absolute Gasteiger partial charge is 0.479 e. The van der Waals surface area contributed by atoms with Crippen molar-refractivity contribution in [2.45, 2.75) is 61.4 Å². The van der Waals surface area contributed by atoms with Gasteiger partial charge in [-0.2, -0.15) is 8.42 Å². The lowest BCUT2D eigenvalue weighted by Gasteiger charge is -2.45. The zero-order valence-electron chi connectivity index (χ0n) is 15.8. The molecule has 0 aromatic rings. The summed E-state index contributed by atoms with van der Waals surface area (Å²) in [6.07, 6.45) is -19.0. The lowest BCUT2D eigenvalue weighted by Crippen LogP contribution is -2.65. The van der Waals surface area contributed by atoms with Crippen molar-refractivity contribution in [2.75, 3.05) is 19.8 Å². The highest BCUT2D eigenvalue weighted by molar-refractivity contribution is 7.80. The Morgan fingerprint density at radius 3 is 2.10 bits per heavy atom. The van der Waals surface area contributed by atoms with Crippen LogP contribution in [-0.2, 0) is 38.3 Å². The second-order valence-electron chi connectivity index (χ2n) is 6.70. The number of aliphatic hydroxyl groups is 5. The number of nitrogens with two attached hydrogens (primary N) is 1. The third-order valence-corrected chi connectivity index (χ3v) is 5.00. The van der Waals surface area contributed by atoms with Crippen LogP contribution in [-0.4, -0.2) is 131 Å².